The Kier molecular flexibility index (Phi) is 1.87. The molecule has 0 fully saturated rings. The molecule has 0 N–H and O–H groups in total. The maximum atomic E-state index is 2.28. The van der Waals surface area contributed by atoms with Gasteiger partial charge in [-0.15, -0.1) is 0 Å². The standard InChI is InChI=1S/C12H15N/c1-4-10-5-6-11-7-9(2)13(3)12(11)8-10/h5-8H,4H2,1-3H3. The first-order chi connectivity index (χ1) is 6.22. The Labute approximate surface area is 79.0 Å². The van der Waals surface area contributed by atoms with E-state index in [4.69, 9.17) is 0 Å². The van der Waals surface area contributed by atoms with Gasteiger partial charge in [0, 0.05) is 18.3 Å². The van der Waals surface area contributed by atoms with Crippen LogP contribution in [0.3, 0.4) is 0 Å². The Balaban J connectivity index is 2.75. The molecule has 0 aliphatic heterocycles. The average molecular weight is 173 g/mol. The third kappa shape index (κ3) is 1.24. The van der Waals surface area contributed by atoms with E-state index in [0.29, 0.717) is 0 Å². The maximum absolute atomic E-state index is 2.28. The summed E-state index contributed by atoms with van der Waals surface area (Å²) in [5, 5.41) is 1.34. The van der Waals surface area contributed by atoms with Crippen molar-refractivity contribution in [1.82, 2.24) is 4.57 Å². The zero-order valence-corrected chi connectivity index (χ0v) is 8.46. The van der Waals surface area contributed by atoms with E-state index >= 15 is 0 Å². The summed E-state index contributed by atoms with van der Waals surface area (Å²) in [6.45, 7) is 4.34. The van der Waals surface area contributed by atoms with Gasteiger partial charge in [-0.25, -0.2) is 0 Å². The molecule has 2 rings (SSSR count). The fourth-order valence-electron chi connectivity index (χ4n) is 1.73. The van der Waals surface area contributed by atoms with Crippen LogP contribution in [0.25, 0.3) is 10.9 Å². The molecule has 0 unspecified atom stereocenters. The van der Waals surface area contributed by atoms with Crippen LogP contribution in [0.5, 0.6) is 0 Å². The molecule has 0 radical (unpaired) electrons. The summed E-state index contributed by atoms with van der Waals surface area (Å²) in [5.41, 5.74) is 4.08. The van der Waals surface area contributed by atoms with Crippen molar-refractivity contribution in [2.75, 3.05) is 0 Å². The van der Waals surface area contributed by atoms with E-state index in [9.17, 15) is 0 Å². The normalized spacial score (nSPS) is 11.0. The number of fused-ring (bicyclic) bond motifs is 1. The van der Waals surface area contributed by atoms with E-state index in [1.165, 1.54) is 22.2 Å². The highest BCUT2D eigenvalue weighted by Gasteiger charge is 2.01. The van der Waals surface area contributed by atoms with Gasteiger partial charge in [-0.2, -0.15) is 0 Å². The Morgan fingerprint density at radius 1 is 1.23 bits per heavy atom. The number of benzene rings is 1. The lowest BCUT2D eigenvalue weighted by Gasteiger charge is -2.00. The number of hydrogen-bond donors (Lipinski definition) is 0. The van der Waals surface area contributed by atoms with Crippen LogP contribution in [0, 0.1) is 6.92 Å². The molecule has 0 amide bonds. The number of aromatic nitrogens is 1. The first-order valence-electron chi connectivity index (χ1n) is 4.77. The Morgan fingerprint density at radius 3 is 2.69 bits per heavy atom. The molecule has 0 bridgehead atoms. The van der Waals surface area contributed by atoms with E-state index < -0.39 is 0 Å². The summed E-state index contributed by atoms with van der Waals surface area (Å²) in [7, 11) is 2.12. The minimum Gasteiger partial charge on any atom is -0.348 e. The molecular weight excluding hydrogens is 158 g/mol. The minimum absolute atomic E-state index is 1.11. The van der Waals surface area contributed by atoms with Gasteiger partial charge in [0.15, 0.2) is 0 Å². The molecule has 0 aliphatic rings. The van der Waals surface area contributed by atoms with Crippen molar-refractivity contribution in [3.05, 3.63) is 35.5 Å². The van der Waals surface area contributed by atoms with Crippen LogP contribution in [0.15, 0.2) is 24.3 Å². The molecule has 1 heteroatoms. The molecule has 0 spiro atoms. The molecule has 0 saturated carbocycles. The molecule has 0 saturated heterocycles. The van der Waals surface area contributed by atoms with Gasteiger partial charge in [0.25, 0.3) is 0 Å². The molecule has 1 aromatic carbocycles. The largest absolute Gasteiger partial charge is 0.348 e. The highest BCUT2D eigenvalue weighted by atomic mass is 14.9. The van der Waals surface area contributed by atoms with E-state index in [-0.39, 0.29) is 0 Å². The second kappa shape index (κ2) is 2.91. The highest BCUT2D eigenvalue weighted by Crippen LogP contribution is 2.19. The van der Waals surface area contributed by atoms with Crippen molar-refractivity contribution in [1.29, 1.82) is 0 Å². The van der Waals surface area contributed by atoms with Gasteiger partial charge in [-0.05, 0) is 36.4 Å². The van der Waals surface area contributed by atoms with Crippen LogP contribution in [0.1, 0.15) is 18.2 Å². The summed E-state index contributed by atoms with van der Waals surface area (Å²) in [4.78, 5) is 0. The van der Waals surface area contributed by atoms with E-state index in [1.54, 1.807) is 0 Å². The lowest BCUT2D eigenvalue weighted by molar-refractivity contribution is 0.916. The second-order valence-electron chi connectivity index (χ2n) is 3.59. The van der Waals surface area contributed by atoms with Crippen molar-refractivity contribution < 1.29 is 0 Å². The topological polar surface area (TPSA) is 4.93 Å². The molecule has 68 valence electrons. The summed E-state index contributed by atoms with van der Waals surface area (Å²) < 4.78 is 2.24. The molecule has 2 aromatic rings. The lowest BCUT2D eigenvalue weighted by Crippen LogP contribution is -1.90. The van der Waals surface area contributed by atoms with Crippen molar-refractivity contribution in [3.8, 4) is 0 Å². The smallest absolute Gasteiger partial charge is 0.0482 e. The summed E-state index contributed by atoms with van der Waals surface area (Å²) in [6, 6.07) is 8.93. The van der Waals surface area contributed by atoms with Crippen molar-refractivity contribution >= 4 is 10.9 Å². The molecule has 1 nitrogen and oxygen atoms in total. The van der Waals surface area contributed by atoms with Crippen LogP contribution in [-0.2, 0) is 13.5 Å². The molecule has 0 atom stereocenters. The number of hydrogen-bond acceptors (Lipinski definition) is 0. The van der Waals surface area contributed by atoms with Gasteiger partial charge in [-0.3, -0.25) is 0 Å². The Morgan fingerprint density at radius 2 is 2.00 bits per heavy atom. The fraction of sp³-hybridized carbons (Fsp3) is 0.333. The number of nitrogens with zero attached hydrogens (tertiary/aromatic N) is 1. The van der Waals surface area contributed by atoms with Crippen LogP contribution < -0.4 is 0 Å². The average Bonchev–Trinajstić information content (AvgIpc) is 2.43. The van der Waals surface area contributed by atoms with Gasteiger partial charge < -0.3 is 4.57 Å². The van der Waals surface area contributed by atoms with Crippen LogP contribution in [-0.4, -0.2) is 4.57 Å². The summed E-state index contributed by atoms with van der Waals surface area (Å²) in [5.74, 6) is 0. The number of rotatable bonds is 1. The van der Waals surface area contributed by atoms with Crippen molar-refractivity contribution in [3.63, 3.8) is 0 Å². The predicted octanol–water partition coefficient (Wildman–Crippen LogP) is 3.05. The van der Waals surface area contributed by atoms with Gasteiger partial charge in [-0.1, -0.05) is 19.1 Å². The first-order valence-corrected chi connectivity index (χ1v) is 4.77. The number of aryl methyl sites for hydroxylation is 3. The van der Waals surface area contributed by atoms with Gasteiger partial charge >= 0.3 is 0 Å². The predicted molar refractivity (Wildman–Crippen MR) is 57.0 cm³/mol. The SMILES string of the molecule is CCc1ccc2cc(C)n(C)c2c1. The second-order valence-corrected chi connectivity index (χ2v) is 3.59. The minimum atomic E-state index is 1.11. The third-order valence-electron chi connectivity index (χ3n) is 2.76. The fourth-order valence-corrected chi connectivity index (χ4v) is 1.73. The lowest BCUT2D eigenvalue weighted by atomic mass is 10.1. The van der Waals surface area contributed by atoms with Crippen molar-refractivity contribution in [2.45, 2.75) is 20.3 Å². The Bertz CT molecular complexity index is 438. The van der Waals surface area contributed by atoms with E-state index in [0.717, 1.165) is 6.42 Å². The third-order valence-corrected chi connectivity index (χ3v) is 2.76. The maximum Gasteiger partial charge on any atom is 0.0482 e. The highest BCUT2D eigenvalue weighted by molar-refractivity contribution is 5.81. The molecule has 1 aromatic heterocycles. The quantitative estimate of drug-likeness (QED) is 0.624. The zero-order valence-electron chi connectivity index (χ0n) is 8.46. The molecule has 13 heavy (non-hydrogen) atoms. The van der Waals surface area contributed by atoms with Crippen molar-refractivity contribution in [2.24, 2.45) is 7.05 Å². The van der Waals surface area contributed by atoms with Crippen LogP contribution in [0.2, 0.25) is 0 Å². The summed E-state index contributed by atoms with van der Waals surface area (Å²) >= 11 is 0. The monoisotopic (exact) mass is 173 g/mol. The zero-order chi connectivity index (χ0) is 9.42. The van der Waals surface area contributed by atoms with Gasteiger partial charge in [0.2, 0.25) is 0 Å². The van der Waals surface area contributed by atoms with E-state index in [2.05, 4.69) is 49.7 Å². The Hall–Kier alpha value is -1.24. The molecular formula is C12H15N. The van der Waals surface area contributed by atoms with Crippen LogP contribution in [0.4, 0.5) is 0 Å². The van der Waals surface area contributed by atoms with Gasteiger partial charge in [0.05, 0.1) is 0 Å². The first kappa shape index (κ1) is 8.36. The summed E-state index contributed by atoms with van der Waals surface area (Å²) in [6.07, 6.45) is 1.11. The molecule has 0 aliphatic carbocycles. The molecule has 1 heterocycles. The van der Waals surface area contributed by atoms with E-state index in [1.807, 2.05) is 0 Å². The van der Waals surface area contributed by atoms with Crippen LogP contribution >= 0.6 is 0 Å². The van der Waals surface area contributed by atoms with Gasteiger partial charge in [0.1, 0.15) is 0 Å².